The minimum Gasteiger partial charge on any atom is -0.480 e. The Balaban J connectivity index is 2.75. The molecule has 0 saturated heterocycles. The van der Waals surface area contributed by atoms with E-state index in [9.17, 15) is 9.59 Å². The van der Waals surface area contributed by atoms with E-state index in [4.69, 9.17) is 16.7 Å². The number of rotatable bonds is 5. The summed E-state index contributed by atoms with van der Waals surface area (Å²) >= 11 is 5.60. The second-order valence-corrected chi connectivity index (χ2v) is 4.61. The van der Waals surface area contributed by atoms with Gasteiger partial charge in [0.15, 0.2) is 0 Å². The fourth-order valence-corrected chi connectivity index (χ4v) is 1.52. The van der Waals surface area contributed by atoms with Crippen LogP contribution in [0.4, 0.5) is 0 Å². The summed E-state index contributed by atoms with van der Waals surface area (Å²) in [5.74, 6) is -1.53. The number of amides is 1. The number of carboxylic acid groups (broad SMARTS) is 1. The van der Waals surface area contributed by atoms with Crippen LogP contribution in [-0.4, -0.2) is 33.0 Å². The van der Waals surface area contributed by atoms with Crippen molar-refractivity contribution in [2.75, 3.05) is 0 Å². The number of carboxylic acids is 1. The Labute approximate surface area is 109 Å². The van der Waals surface area contributed by atoms with Gasteiger partial charge in [-0.3, -0.25) is 9.78 Å². The number of carbonyl (C=O) groups excluding carboxylic acids is 1. The monoisotopic (exact) mass is 271 g/mol. The molecule has 98 valence electrons. The highest BCUT2D eigenvalue weighted by atomic mass is 35.5. The molecule has 1 aromatic rings. The lowest BCUT2D eigenvalue weighted by Gasteiger charge is -2.15. The molecule has 7 heteroatoms. The Bertz CT molecular complexity index is 451. The summed E-state index contributed by atoms with van der Waals surface area (Å²) in [5, 5.41) is 11.5. The molecule has 1 heterocycles. The number of aromatic nitrogens is 2. The minimum absolute atomic E-state index is 0.00231. The normalized spacial score (nSPS) is 12.2. The zero-order chi connectivity index (χ0) is 13.7. The van der Waals surface area contributed by atoms with Gasteiger partial charge in [-0.25, -0.2) is 9.78 Å². The van der Waals surface area contributed by atoms with E-state index in [0.29, 0.717) is 6.42 Å². The largest absolute Gasteiger partial charge is 0.480 e. The van der Waals surface area contributed by atoms with Crippen LogP contribution in [0.3, 0.4) is 0 Å². The van der Waals surface area contributed by atoms with E-state index in [1.54, 1.807) is 0 Å². The van der Waals surface area contributed by atoms with Crippen LogP contribution in [0.2, 0.25) is 5.15 Å². The fraction of sp³-hybridized carbons (Fsp3) is 0.455. The molecule has 18 heavy (non-hydrogen) atoms. The Morgan fingerprint density at radius 1 is 1.44 bits per heavy atom. The van der Waals surface area contributed by atoms with Gasteiger partial charge < -0.3 is 10.4 Å². The average Bonchev–Trinajstić information content (AvgIpc) is 2.27. The van der Waals surface area contributed by atoms with Crippen LogP contribution in [-0.2, 0) is 4.79 Å². The quantitative estimate of drug-likeness (QED) is 0.843. The topological polar surface area (TPSA) is 92.2 Å². The molecular formula is C11H14ClN3O3. The Kier molecular flexibility index (Phi) is 5.03. The first kappa shape index (κ1) is 14.4. The Morgan fingerprint density at radius 3 is 2.61 bits per heavy atom. The van der Waals surface area contributed by atoms with Gasteiger partial charge in [0, 0.05) is 0 Å². The van der Waals surface area contributed by atoms with Crippen molar-refractivity contribution in [1.29, 1.82) is 0 Å². The molecule has 0 bridgehead atoms. The van der Waals surface area contributed by atoms with E-state index in [0.717, 1.165) is 0 Å². The van der Waals surface area contributed by atoms with Crippen LogP contribution >= 0.6 is 11.6 Å². The van der Waals surface area contributed by atoms with Crippen LogP contribution in [0.15, 0.2) is 12.4 Å². The van der Waals surface area contributed by atoms with Gasteiger partial charge in [-0.1, -0.05) is 25.4 Å². The molecule has 0 aliphatic carbocycles. The Hall–Kier alpha value is -1.69. The lowest BCUT2D eigenvalue weighted by molar-refractivity contribution is -0.139. The number of nitrogens with one attached hydrogen (secondary N) is 1. The van der Waals surface area contributed by atoms with Crippen molar-refractivity contribution in [2.24, 2.45) is 5.92 Å². The summed E-state index contributed by atoms with van der Waals surface area (Å²) in [4.78, 5) is 30.2. The predicted molar refractivity (Wildman–Crippen MR) is 65.4 cm³/mol. The number of carbonyl (C=O) groups is 2. The lowest BCUT2D eigenvalue weighted by Crippen LogP contribution is -2.42. The number of hydrogen-bond donors (Lipinski definition) is 2. The number of halogens is 1. The number of aliphatic carboxylic acids is 1. The van der Waals surface area contributed by atoms with Gasteiger partial charge in [-0.2, -0.15) is 0 Å². The maximum absolute atomic E-state index is 11.8. The SMILES string of the molecule is CC(C)CC(NC(=O)c1cncc(Cl)n1)C(=O)O. The maximum Gasteiger partial charge on any atom is 0.326 e. The van der Waals surface area contributed by atoms with Crippen LogP contribution in [0.25, 0.3) is 0 Å². The van der Waals surface area contributed by atoms with Crippen molar-refractivity contribution >= 4 is 23.5 Å². The molecule has 1 amide bonds. The molecule has 2 N–H and O–H groups in total. The highest BCUT2D eigenvalue weighted by Crippen LogP contribution is 2.07. The fourth-order valence-electron chi connectivity index (χ4n) is 1.38. The maximum atomic E-state index is 11.8. The standard InChI is InChI=1S/C11H14ClN3O3/c1-6(2)3-7(11(17)18)15-10(16)8-4-13-5-9(12)14-8/h4-7H,3H2,1-2H3,(H,15,16)(H,17,18). The van der Waals surface area contributed by atoms with Gasteiger partial charge in [-0.15, -0.1) is 0 Å². The Morgan fingerprint density at radius 2 is 2.11 bits per heavy atom. The molecule has 1 atom stereocenters. The lowest BCUT2D eigenvalue weighted by atomic mass is 10.0. The summed E-state index contributed by atoms with van der Waals surface area (Å²) in [7, 11) is 0. The molecule has 6 nitrogen and oxygen atoms in total. The van der Waals surface area contributed by atoms with Gasteiger partial charge in [0.2, 0.25) is 0 Å². The second kappa shape index (κ2) is 6.30. The van der Waals surface area contributed by atoms with E-state index < -0.39 is 17.9 Å². The first-order valence-electron chi connectivity index (χ1n) is 5.41. The average molecular weight is 272 g/mol. The third-order valence-electron chi connectivity index (χ3n) is 2.15. The summed E-state index contributed by atoms with van der Waals surface area (Å²) in [6, 6.07) is -0.946. The molecule has 1 unspecified atom stereocenters. The molecule has 1 aromatic heterocycles. The van der Waals surface area contributed by atoms with Gasteiger partial charge in [0.05, 0.1) is 12.4 Å². The second-order valence-electron chi connectivity index (χ2n) is 4.22. The van der Waals surface area contributed by atoms with Gasteiger partial charge >= 0.3 is 5.97 Å². The molecule has 0 aromatic carbocycles. The summed E-state index contributed by atoms with van der Waals surface area (Å²) in [6.07, 6.45) is 2.87. The highest BCUT2D eigenvalue weighted by Gasteiger charge is 2.22. The first-order chi connectivity index (χ1) is 8.40. The summed E-state index contributed by atoms with van der Waals surface area (Å²) < 4.78 is 0. The van der Waals surface area contributed by atoms with Crippen molar-refractivity contribution in [1.82, 2.24) is 15.3 Å². The molecule has 0 spiro atoms. The van der Waals surface area contributed by atoms with Crippen molar-refractivity contribution < 1.29 is 14.7 Å². The predicted octanol–water partition coefficient (Wildman–Crippen LogP) is 1.36. The van der Waals surface area contributed by atoms with Gasteiger partial charge in [0.25, 0.3) is 5.91 Å². The van der Waals surface area contributed by atoms with Crippen molar-refractivity contribution in [3.63, 3.8) is 0 Å². The van der Waals surface area contributed by atoms with E-state index >= 15 is 0 Å². The third kappa shape index (κ3) is 4.29. The van der Waals surface area contributed by atoms with Crippen LogP contribution in [0, 0.1) is 5.92 Å². The molecule has 0 fully saturated rings. The number of hydrogen-bond acceptors (Lipinski definition) is 4. The molecule has 0 radical (unpaired) electrons. The van der Waals surface area contributed by atoms with E-state index in [1.165, 1.54) is 12.4 Å². The van der Waals surface area contributed by atoms with E-state index in [2.05, 4.69) is 15.3 Å². The molecule has 0 saturated carbocycles. The van der Waals surface area contributed by atoms with Crippen molar-refractivity contribution in [3.05, 3.63) is 23.2 Å². The summed E-state index contributed by atoms with van der Waals surface area (Å²) in [5.41, 5.74) is -0.00231. The highest BCUT2D eigenvalue weighted by molar-refractivity contribution is 6.29. The van der Waals surface area contributed by atoms with Crippen LogP contribution in [0.5, 0.6) is 0 Å². The summed E-state index contributed by atoms with van der Waals surface area (Å²) in [6.45, 7) is 3.75. The van der Waals surface area contributed by atoms with E-state index in [1.807, 2.05) is 13.8 Å². The van der Waals surface area contributed by atoms with Crippen molar-refractivity contribution in [3.8, 4) is 0 Å². The van der Waals surface area contributed by atoms with Gasteiger partial charge in [-0.05, 0) is 12.3 Å². The molecule has 0 aliphatic heterocycles. The zero-order valence-electron chi connectivity index (χ0n) is 10.1. The zero-order valence-corrected chi connectivity index (χ0v) is 10.8. The van der Waals surface area contributed by atoms with Gasteiger partial charge in [0.1, 0.15) is 16.9 Å². The molecule has 0 aliphatic rings. The smallest absolute Gasteiger partial charge is 0.326 e. The number of nitrogens with zero attached hydrogens (tertiary/aromatic N) is 2. The molecular weight excluding hydrogens is 258 g/mol. The van der Waals surface area contributed by atoms with Crippen LogP contribution < -0.4 is 5.32 Å². The van der Waals surface area contributed by atoms with E-state index in [-0.39, 0.29) is 16.8 Å². The molecule has 1 rings (SSSR count). The van der Waals surface area contributed by atoms with Crippen molar-refractivity contribution in [2.45, 2.75) is 26.3 Å². The van der Waals surface area contributed by atoms with Crippen LogP contribution in [0.1, 0.15) is 30.8 Å². The minimum atomic E-state index is -1.08. The third-order valence-corrected chi connectivity index (χ3v) is 2.33. The first-order valence-corrected chi connectivity index (χ1v) is 5.79.